The van der Waals surface area contributed by atoms with E-state index in [0.717, 1.165) is 26.2 Å². The Morgan fingerprint density at radius 3 is 2.50 bits per heavy atom. The quantitative estimate of drug-likeness (QED) is 0.584. The van der Waals surface area contributed by atoms with Crippen molar-refractivity contribution in [3.05, 3.63) is 35.9 Å². The number of carbonyl (C=O) groups excluding carboxylic acids is 1. The van der Waals surface area contributed by atoms with Crippen LogP contribution in [-0.2, 0) is 4.84 Å². The van der Waals surface area contributed by atoms with Gasteiger partial charge in [-0.2, -0.15) is 0 Å². The van der Waals surface area contributed by atoms with Crippen LogP contribution in [0.2, 0.25) is 0 Å². The molecule has 1 fully saturated rings. The Hall–Kier alpha value is -0.390. The number of benzene rings is 1. The summed E-state index contributed by atoms with van der Waals surface area (Å²) >= 11 is 0. The maximum absolute atomic E-state index is 11.6. The second-order valence-corrected chi connectivity index (χ2v) is 3.42. The summed E-state index contributed by atoms with van der Waals surface area (Å²) < 4.78 is 0. The van der Waals surface area contributed by atoms with Crippen molar-refractivity contribution in [2.24, 2.45) is 0 Å². The molecular weight excluding hydrogens is 215 g/mol. The first-order valence-electron chi connectivity index (χ1n) is 5.09. The average Bonchev–Trinajstić information content (AvgIpc) is 2.31. The Labute approximate surface area is 119 Å². The predicted molar refractivity (Wildman–Crippen MR) is 57.4 cm³/mol. The summed E-state index contributed by atoms with van der Waals surface area (Å²) in [5.74, 6) is -0.280. The third-order valence-electron chi connectivity index (χ3n) is 2.30. The third-order valence-corrected chi connectivity index (χ3v) is 2.30. The Morgan fingerprint density at radius 2 is 1.88 bits per heavy atom. The van der Waals surface area contributed by atoms with Crippen LogP contribution >= 0.6 is 0 Å². The molecule has 82 valence electrons. The molecule has 1 heterocycles. The van der Waals surface area contributed by atoms with Crippen LogP contribution < -0.4 is 34.9 Å². The maximum atomic E-state index is 11.6. The summed E-state index contributed by atoms with van der Waals surface area (Å²) in [7, 11) is 0. The number of hydrogen-bond donors (Lipinski definition) is 1. The van der Waals surface area contributed by atoms with Gasteiger partial charge in [0.1, 0.15) is 0 Å². The van der Waals surface area contributed by atoms with E-state index in [4.69, 9.17) is 4.84 Å². The van der Waals surface area contributed by atoms with Crippen molar-refractivity contribution >= 4 is 5.97 Å². The van der Waals surface area contributed by atoms with E-state index in [0.29, 0.717) is 5.56 Å². The second-order valence-electron chi connectivity index (χ2n) is 3.42. The Morgan fingerprint density at radius 1 is 1.25 bits per heavy atom. The van der Waals surface area contributed by atoms with E-state index in [9.17, 15) is 4.79 Å². The third kappa shape index (κ3) is 3.88. The zero-order valence-corrected chi connectivity index (χ0v) is 11.5. The Kier molecular flexibility index (Phi) is 6.01. The molecule has 0 aliphatic carbocycles. The van der Waals surface area contributed by atoms with E-state index in [1.165, 1.54) is 0 Å². The van der Waals surface area contributed by atoms with Gasteiger partial charge in [-0.05, 0) is 12.1 Å². The fourth-order valence-corrected chi connectivity index (χ4v) is 1.48. The number of rotatable bonds is 2. The van der Waals surface area contributed by atoms with E-state index in [-0.39, 0.29) is 37.0 Å². The van der Waals surface area contributed by atoms with Crippen LogP contribution in [0.5, 0.6) is 0 Å². The smallest absolute Gasteiger partial charge is 1.00 e. The molecule has 0 amide bonds. The number of hydrogen-bond acceptors (Lipinski definition) is 4. The monoisotopic (exact) mass is 230 g/mol. The number of hydroxylamine groups is 2. The van der Waals surface area contributed by atoms with Gasteiger partial charge in [-0.1, -0.05) is 18.2 Å². The van der Waals surface area contributed by atoms with Crippen molar-refractivity contribution in [2.75, 3.05) is 26.2 Å². The topological polar surface area (TPSA) is 41.6 Å². The summed E-state index contributed by atoms with van der Waals surface area (Å²) in [5, 5.41) is 4.89. The van der Waals surface area contributed by atoms with Crippen molar-refractivity contribution in [1.29, 1.82) is 0 Å². The summed E-state index contributed by atoms with van der Waals surface area (Å²) in [6, 6.07) is 9.04. The van der Waals surface area contributed by atoms with E-state index in [1.54, 1.807) is 17.2 Å². The molecule has 4 nitrogen and oxygen atoms in total. The van der Waals surface area contributed by atoms with Crippen LogP contribution in [0, 0.1) is 0 Å². The predicted octanol–water partition coefficient (Wildman–Crippen LogP) is -2.22. The van der Waals surface area contributed by atoms with Gasteiger partial charge in [-0.25, -0.2) is 4.79 Å². The molecule has 0 bridgehead atoms. The van der Waals surface area contributed by atoms with E-state index in [1.807, 2.05) is 18.2 Å². The molecule has 5 heteroatoms. The molecule has 0 atom stereocenters. The zero-order chi connectivity index (χ0) is 10.5. The molecule has 2 rings (SSSR count). The van der Waals surface area contributed by atoms with Crippen LogP contribution in [0.15, 0.2) is 30.3 Å². The first-order valence-corrected chi connectivity index (χ1v) is 5.09. The normalized spacial score (nSPS) is 16.2. The van der Waals surface area contributed by atoms with Gasteiger partial charge in [0.25, 0.3) is 0 Å². The maximum Gasteiger partial charge on any atom is 1.00 e. The molecule has 0 saturated carbocycles. The molecule has 0 spiro atoms. The molecule has 1 aliphatic heterocycles. The first-order chi connectivity index (χ1) is 7.36. The van der Waals surface area contributed by atoms with Crippen LogP contribution in [0.25, 0.3) is 0 Å². The Balaban J connectivity index is 0.00000128. The van der Waals surface area contributed by atoms with E-state index >= 15 is 0 Å². The largest absolute Gasteiger partial charge is 1.00 e. The zero-order valence-electron chi connectivity index (χ0n) is 10.5. The average molecular weight is 230 g/mol. The minimum atomic E-state index is -0.280. The molecular formula is C11H15N2NaO2. The van der Waals surface area contributed by atoms with Crippen molar-refractivity contribution < 1.29 is 40.6 Å². The standard InChI is InChI=1S/C11H14N2O2.Na.H/c14-11(10-4-2-1-3-5-10)15-13-8-6-12-7-9-13;;/h1-5,12H,6-9H2;;/q;+1;-1. The van der Waals surface area contributed by atoms with E-state index in [2.05, 4.69) is 5.32 Å². The van der Waals surface area contributed by atoms with Crippen LogP contribution in [0.3, 0.4) is 0 Å². The fraction of sp³-hybridized carbons (Fsp3) is 0.364. The van der Waals surface area contributed by atoms with Gasteiger partial charge >= 0.3 is 35.5 Å². The Bertz CT molecular complexity index is 332. The summed E-state index contributed by atoms with van der Waals surface area (Å²) in [6.45, 7) is 3.22. The van der Waals surface area contributed by atoms with Crippen molar-refractivity contribution in [3.63, 3.8) is 0 Å². The molecule has 1 aromatic rings. The fourth-order valence-electron chi connectivity index (χ4n) is 1.48. The van der Waals surface area contributed by atoms with Crippen molar-refractivity contribution in [3.8, 4) is 0 Å². The van der Waals surface area contributed by atoms with E-state index < -0.39 is 0 Å². The molecule has 1 N–H and O–H groups in total. The molecule has 1 aromatic carbocycles. The number of piperazine rings is 1. The minimum absolute atomic E-state index is 0. The summed E-state index contributed by atoms with van der Waals surface area (Å²) in [4.78, 5) is 16.9. The van der Waals surface area contributed by atoms with Crippen LogP contribution in [0.4, 0.5) is 0 Å². The molecule has 0 radical (unpaired) electrons. The van der Waals surface area contributed by atoms with Crippen LogP contribution in [0.1, 0.15) is 11.8 Å². The number of carbonyl (C=O) groups is 1. The summed E-state index contributed by atoms with van der Waals surface area (Å²) in [5.41, 5.74) is 0.594. The molecule has 1 aliphatic rings. The first kappa shape index (κ1) is 13.7. The van der Waals surface area contributed by atoms with Gasteiger partial charge in [0.2, 0.25) is 0 Å². The van der Waals surface area contributed by atoms with Crippen molar-refractivity contribution in [1.82, 2.24) is 10.4 Å². The van der Waals surface area contributed by atoms with Gasteiger partial charge < -0.3 is 11.6 Å². The van der Waals surface area contributed by atoms with Gasteiger partial charge in [0, 0.05) is 26.2 Å². The number of nitrogens with zero attached hydrogens (tertiary/aromatic N) is 1. The van der Waals surface area contributed by atoms with Gasteiger partial charge in [0.05, 0.1) is 5.56 Å². The molecule has 16 heavy (non-hydrogen) atoms. The van der Waals surface area contributed by atoms with Gasteiger partial charge in [-0.3, -0.25) is 0 Å². The SMILES string of the molecule is O=C(ON1CCNCC1)c1ccccc1.[H-].[Na+]. The van der Waals surface area contributed by atoms with Gasteiger partial charge in [0.15, 0.2) is 0 Å². The van der Waals surface area contributed by atoms with Crippen molar-refractivity contribution in [2.45, 2.75) is 0 Å². The molecule has 0 unspecified atom stereocenters. The second kappa shape index (κ2) is 7.04. The van der Waals surface area contributed by atoms with Crippen LogP contribution in [-0.4, -0.2) is 37.2 Å². The minimum Gasteiger partial charge on any atom is -1.00 e. The number of nitrogens with one attached hydrogen (secondary N) is 1. The molecule has 0 aromatic heterocycles. The molecule has 1 saturated heterocycles. The van der Waals surface area contributed by atoms with Gasteiger partial charge in [-0.15, -0.1) is 5.06 Å². The summed E-state index contributed by atoms with van der Waals surface area (Å²) in [6.07, 6.45) is 0.